The van der Waals surface area contributed by atoms with E-state index in [-0.39, 0.29) is 5.91 Å². The highest BCUT2D eigenvalue weighted by molar-refractivity contribution is 9.10. The second kappa shape index (κ2) is 5.88. The summed E-state index contributed by atoms with van der Waals surface area (Å²) >= 11 is 3.41. The number of halogens is 1. The predicted molar refractivity (Wildman–Crippen MR) is 66.1 cm³/mol. The van der Waals surface area contributed by atoms with E-state index in [1.807, 2.05) is 32.0 Å². The summed E-state index contributed by atoms with van der Waals surface area (Å²) in [6.45, 7) is 5.11. The molecule has 0 saturated carbocycles. The van der Waals surface area contributed by atoms with Gasteiger partial charge in [-0.3, -0.25) is 4.79 Å². The summed E-state index contributed by atoms with van der Waals surface area (Å²) in [7, 11) is 0. The van der Waals surface area contributed by atoms with Crippen LogP contribution in [0.15, 0.2) is 22.7 Å². The first-order chi connectivity index (χ1) is 7.13. The molecule has 0 heterocycles. The third-order valence-electron chi connectivity index (χ3n) is 1.93. The molecule has 0 aromatic heterocycles. The summed E-state index contributed by atoms with van der Waals surface area (Å²) in [5, 5.41) is 5.80. The molecular weight excluding hydrogens is 256 g/mol. The van der Waals surface area contributed by atoms with Crippen LogP contribution in [0, 0.1) is 6.92 Å². The Bertz CT molecular complexity index is 352. The van der Waals surface area contributed by atoms with E-state index in [0.29, 0.717) is 6.54 Å². The van der Waals surface area contributed by atoms with Crippen LogP contribution < -0.4 is 10.6 Å². The summed E-state index contributed by atoms with van der Waals surface area (Å²) in [5.41, 5.74) is 1.97. The lowest BCUT2D eigenvalue weighted by Crippen LogP contribution is -2.27. The molecule has 2 N–H and O–H groups in total. The van der Waals surface area contributed by atoms with Gasteiger partial charge in [0.05, 0.1) is 12.2 Å². The van der Waals surface area contributed by atoms with E-state index < -0.39 is 0 Å². The molecule has 0 radical (unpaired) electrons. The maximum Gasteiger partial charge on any atom is 0.238 e. The Balaban J connectivity index is 2.60. The molecule has 15 heavy (non-hydrogen) atoms. The van der Waals surface area contributed by atoms with Gasteiger partial charge in [-0.2, -0.15) is 0 Å². The highest BCUT2D eigenvalue weighted by Crippen LogP contribution is 2.22. The SMILES string of the molecule is CCNCC(=O)Nc1ccc(C)cc1Br. The maximum absolute atomic E-state index is 11.4. The molecule has 1 aromatic rings. The molecule has 1 rings (SSSR count). The van der Waals surface area contributed by atoms with Gasteiger partial charge in [0, 0.05) is 4.47 Å². The smallest absolute Gasteiger partial charge is 0.238 e. The van der Waals surface area contributed by atoms with E-state index in [9.17, 15) is 4.79 Å². The predicted octanol–water partition coefficient (Wildman–Crippen LogP) is 2.31. The fourth-order valence-corrected chi connectivity index (χ4v) is 1.75. The standard InChI is InChI=1S/C11H15BrN2O/c1-3-13-7-11(15)14-10-5-4-8(2)6-9(10)12/h4-6,13H,3,7H2,1-2H3,(H,14,15). The van der Waals surface area contributed by atoms with E-state index in [0.717, 1.165) is 22.3 Å². The first-order valence-corrected chi connectivity index (χ1v) is 5.69. The van der Waals surface area contributed by atoms with Gasteiger partial charge in [0.1, 0.15) is 0 Å². The minimum atomic E-state index is -0.0265. The van der Waals surface area contributed by atoms with Crippen LogP contribution in [0.4, 0.5) is 5.69 Å². The van der Waals surface area contributed by atoms with Gasteiger partial charge >= 0.3 is 0 Å². The van der Waals surface area contributed by atoms with E-state index in [2.05, 4.69) is 26.6 Å². The van der Waals surface area contributed by atoms with Crippen molar-refractivity contribution in [3.63, 3.8) is 0 Å². The molecule has 82 valence electrons. The van der Waals surface area contributed by atoms with Gasteiger partial charge < -0.3 is 10.6 Å². The Kier molecular flexibility index (Phi) is 4.78. The van der Waals surface area contributed by atoms with Crippen LogP contribution in [-0.4, -0.2) is 19.0 Å². The number of rotatable bonds is 4. The fraction of sp³-hybridized carbons (Fsp3) is 0.364. The van der Waals surface area contributed by atoms with Gasteiger partial charge in [-0.25, -0.2) is 0 Å². The summed E-state index contributed by atoms with van der Waals surface area (Å²) in [6, 6.07) is 5.83. The van der Waals surface area contributed by atoms with Gasteiger partial charge in [0.25, 0.3) is 0 Å². The van der Waals surface area contributed by atoms with Crippen molar-refractivity contribution >= 4 is 27.5 Å². The number of hydrogen-bond acceptors (Lipinski definition) is 2. The molecule has 4 heteroatoms. The van der Waals surface area contributed by atoms with Crippen molar-refractivity contribution < 1.29 is 4.79 Å². The van der Waals surface area contributed by atoms with Crippen LogP contribution >= 0.6 is 15.9 Å². The van der Waals surface area contributed by atoms with Gasteiger partial charge in [-0.05, 0) is 47.1 Å². The van der Waals surface area contributed by atoms with E-state index in [1.165, 1.54) is 0 Å². The van der Waals surface area contributed by atoms with Crippen molar-refractivity contribution in [3.05, 3.63) is 28.2 Å². The maximum atomic E-state index is 11.4. The quantitative estimate of drug-likeness (QED) is 0.882. The summed E-state index contributed by atoms with van der Waals surface area (Å²) in [4.78, 5) is 11.4. The number of hydrogen-bond donors (Lipinski definition) is 2. The monoisotopic (exact) mass is 270 g/mol. The number of amides is 1. The topological polar surface area (TPSA) is 41.1 Å². The lowest BCUT2D eigenvalue weighted by Gasteiger charge is -2.08. The molecule has 0 aliphatic carbocycles. The number of aryl methyl sites for hydroxylation is 1. The second-order valence-corrected chi connectivity index (χ2v) is 4.17. The number of anilines is 1. The van der Waals surface area contributed by atoms with Crippen LogP contribution in [-0.2, 0) is 4.79 Å². The summed E-state index contributed by atoms with van der Waals surface area (Å²) in [5.74, 6) is -0.0265. The first-order valence-electron chi connectivity index (χ1n) is 4.90. The zero-order valence-corrected chi connectivity index (χ0v) is 10.5. The lowest BCUT2D eigenvalue weighted by molar-refractivity contribution is -0.115. The largest absolute Gasteiger partial charge is 0.324 e. The van der Waals surface area contributed by atoms with Crippen molar-refractivity contribution in [2.45, 2.75) is 13.8 Å². The van der Waals surface area contributed by atoms with E-state index in [4.69, 9.17) is 0 Å². The van der Waals surface area contributed by atoms with Crippen molar-refractivity contribution in [2.75, 3.05) is 18.4 Å². The Labute approximate surface area is 98.4 Å². The van der Waals surface area contributed by atoms with Crippen LogP contribution in [0.3, 0.4) is 0 Å². The zero-order valence-electron chi connectivity index (χ0n) is 8.93. The van der Waals surface area contributed by atoms with Crippen LogP contribution in [0.1, 0.15) is 12.5 Å². The molecule has 0 aliphatic rings. The van der Waals surface area contributed by atoms with E-state index in [1.54, 1.807) is 0 Å². The molecule has 0 bridgehead atoms. The van der Waals surface area contributed by atoms with Crippen molar-refractivity contribution in [1.82, 2.24) is 5.32 Å². The van der Waals surface area contributed by atoms with E-state index >= 15 is 0 Å². The minimum Gasteiger partial charge on any atom is -0.324 e. The van der Waals surface area contributed by atoms with Crippen LogP contribution in [0.25, 0.3) is 0 Å². The van der Waals surface area contributed by atoms with Gasteiger partial charge in [-0.1, -0.05) is 13.0 Å². The first kappa shape index (κ1) is 12.2. The summed E-state index contributed by atoms with van der Waals surface area (Å²) < 4.78 is 0.910. The highest BCUT2D eigenvalue weighted by Gasteiger charge is 2.04. The lowest BCUT2D eigenvalue weighted by atomic mass is 10.2. The Morgan fingerprint density at radius 2 is 2.20 bits per heavy atom. The Hall–Kier alpha value is -0.870. The van der Waals surface area contributed by atoms with Crippen molar-refractivity contribution in [1.29, 1.82) is 0 Å². The number of benzene rings is 1. The van der Waals surface area contributed by atoms with Gasteiger partial charge in [0.2, 0.25) is 5.91 Å². The number of carbonyl (C=O) groups excluding carboxylic acids is 1. The normalized spacial score (nSPS) is 10.1. The third-order valence-corrected chi connectivity index (χ3v) is 2.59. The minimum absolute atomic E-state index is 0.0265. The third kappa shape index (κ3) is 4.01. The molecule has 0 fully saturated rings. The Morgan fingerprint density at radius 1 is 1.47 bits per heavy atom. The average Bonchev–Trinajstić information content (AvgIpc) is 2.19. The molecule has 1 amide bonds. The molecule has 3 nitrogen and oxygen atoms in total. The molecule has 0 atom stereocenters. The number of carbonyl (C=O) groups is 1. The molecule has 1 aromatic carbocycles. The van der Waals surface area contributed by atoms with Crippen molar-refractivity contribution in [3.8, 4) is 0 Å². The van der Waals surface area contributed by atoms with Crippen LogP contribution in [0.2, 0.25) is 0 Å². The highest BCUT2D eigenvalue weighted by atomic mass is 79.9. The Morgan fingerprint density at radius 3 is 2.80 bits per heavy atom. The molecule has 0 unspecified atom stereocenters. The molecule has 0 spiro atoms. The zero-order chi connectivity index (χ0) is 11.3. The fourth-order valence-electron chi connectivity index (χ4n) is 1.15. The average molecular weight is 271 g/mol. The van der Waals surface area contributed by atoms with Crippen LogP contribution in [0.5, 0.6) is 0 Å². The summed E-state index contributed by atoms with van der Waals surface area (Å²) in [6.07, 6.45) is 0. The number of nitrogens with one attached hydrogen (secondary N) is 2. The molecule has 0 aliphatic heterocycles. The van der Waals surface area contributed by atoms with Gasteiger partial charge in [-0.15, -0.1) is 0 Å². The molecular formula is C11H15BrN2O. The number of likely N-dealkylation sites (N-methyl/N-ethyl adjacent to an activating group) is 1. The second-order valence-electron chi connectivity index (χ2n) is 3.31. The van der Waals surface area contributed by atoms with Gasteiger partial charge in [0.15, 0.2) is 0 Å². The van der Waals surface area contributed by atoms with Crippen molar-refractivity contribution in [2.24, 2.45) is 0 Å². The molecule has 0 saturated heterocycles.